The molecule has 0 fully saturated rings. The quantitative estimate of drug-likeness (QED) is 0.0421. The normalized spacial score (nSPS) is 13.1. The lowest BCUT2D eigenvalue weighted by molar-refractivity contribution is -0.139. The van der Waals surface area contributed by atoms with Crippen molar-refractivity contribution in [2.45, 2.75) is 112 Å². The van der Waals surface area contributed by atoms with Gasteiger partial charge in [-0.05, 0) is 166 Å². The highest BCUT2D eigenvalue weighted by Gasteiger charge is 2.14. The summed E-state index contributed by atoms with van der Waals surface area (Å²) in [6, 6.07) is -6.15. The Labute approximate surface area is 517 Å². The fraction of sp³-hybridized carbons (Fsp3) is 0.800. The van der Waals surface area contributed by atoms with Gasteiger partial charge in [0.2, 0.25) is 0 Å². The Morgan fingerprint density at radius 1 is 0.210 bits per heavy atom. The number of hydrogen-bond acceptors (Lipinski definition) is 27. The number of aliphatic carboxylic acids is 9. The molecule has 0 radical (unpaired) electrons. The molecular weight excluding hydrogens is 1240 g/mol. The largest absolute Gasteiger partial charge is 0.480 e. The smallest absolute Gasteiger partial charge is 0.320 e. The first-order valence-electron chi connectivity index (χ1n) is 23.9. The van der Waals surface area contributed by atoms with Crippen molar-refractivity contribution in [3.05, 3.63) is 0 Å². The molecule has 81 heavy (non-hydrogen) atoms. The van der Waals surface area contributed by atoms with Crippen LogP contribution in [0.4, 0.5) is 0 Å². The van der Waals surface area contributed by atoms with Crippen molar-refractivity contribution in [3.63, 3.8) is 0 Å². The molecule has 27 nitrogen and oxygen atoms in total. The summed E-state index contributed by atoms with van der Waals surface area (Å²) in [6.45, 7) is 0. The Morgan fingerprint density at radius 3 is 0.309 bits per heavy atom. The average Bonchev–Trinajstić information content (AvgIpc) is 3.41. The van der Waals surface area contributed by atoms with Crippen LogP contribution < -0.4 is 51.6 Å². The molecule has 0 saturated heterocycles. The molecule has 486 valence electrons. The van der Waals surface area contributed by atoms with Crippen LogP contribution >= 0.6 is 106 Å². The Hall–Kier alpha value is -1.98. The van der Waals surface area contributed by atoms with E-state index in [0.717, 1.165) is 51.8 Å². The number of carbonyl (C=O) groups is 9. The molecule has 0 aromatic rings. The van der Waals surface area contributed by atoms with Gasteiger partial charge < -0.3 is 97.6 Å². The molecule has 0 aromatic carbocycles. The molecule has 0 bridgehead atoms. The van der Waals surface area contributed by atoms with Crippen LogP contribution in [0.3, 0.4) is 0 Å². The van der Waals surface area contributed by atoms with Crippen LogP contribution in [0.5, 0.6) is 0 Å². The molecule has 0 saturated carbocycles. The van der Waals surface area contributed by atoms with Crippen LogP contribution in [0.2, 0.25) is 0 Å². The Balaban J connectivity index is -0.000000103. The van der Waals surface area contributed by atoms with E-state index in [1.165, 1.54) is 0 Å². The van der Waals surface area contributed by atoms with E-state index in [1.807, 2.05) is 56.3 Å². The van der Waals surface area contributed by atoms with Crippen molar-refractivity contribution in [1.29, 1.82) is 0 Å². The minimum absolute atomic E-state index is 0.552. The summed E-state index contributed by atoms with van der Waals surface area (Å²) in [5.41, 5.74) is 46.7. The molecule has 0 rings (SSSR count). The topological polar surface area (TPSA) is 570 Å². The summed E-state index contributed by atoms with van der Waals surface area (Å²) >= 11 is 14.4. The van der Waals surface area contributed by atoms with E-state index in [1.54, 1.807) is 106 Å². The van der Waals surface area contributed by atoms with Crippen molar-refractivity contribution < 1.29 is 89.1 Å². The first-order valence-corrected chi connectivity index (χ1v) is 36.4. The van der Waals surface area contributed by atoms with Gasteiger partial charge >= 0.3 is 53.7 Å². The van der Waals surface area contributed by atoms with E-state index < -0.39 is 108 Å². The van der Waals surface area contributed by atoms with Crippen LogP contribution in [-0.4, -0.2) is 262 Å². The minimum atomic E-state index is -0.913. The van der Waals surface area contributed by atoms with E-state index in [-0.39, 0.29) is 0 Å². The summed E-state index contributed by atoms with van der Waals surface area (Å²) in [7, 11) is 0. The summed E-state index contributed by atoms with van der Waals surface area (Å²) in [5.74, 6) is -0.900. The predicted octanol–water partition coefficient (Wildman–Crippen LogP) is 1.36. The maximum Gasteiger partial charge on any atom is 0.320 e. The zero-order valence-corrected chi connectivity index (χ0v) is 55.3. The van der Waals surface area contributed by atoms with Crippen molar-refractivity contribution in [1.82, 2.24) is 0 Å². The van der Waals surface area contributed by atoms with Crippen molar-refractivity contribution in [3.8, 4) is 0 Å². The van der Waals surface area contributed by atoms with E-state index in [4.69, 9.17) is 97.6 Å². The first kappa shape index (κ1) is 98.1. The summed E-state index contributed by atoms with van der Waals surface area (Å²) < 4.78 is 0. The molecule has 0 spiro atoms. The second-order valence-electron chi connectivity index (χ2n) is 15.5. The number of nitrogens with two attached hydrogens (primary N) is 9. The molecule has 0 aliphatic heterocycles. The monoisotopic (exact) mass is 1340 g/mol. The second-order valence-corrected chi connectivity index (χ2v) is 24.4. The highest BCUT2D eigenvalue weighted by atomic mass is 32.2. The van der Waals surface area contributed by atoms with Crippen LogP contribution in [0.15, 0.2) is 0 Å². The lowest BCUT2D eigenvalue weighted by atomic mass is 10.2. The SMILES string of the molecule is CSCC[C@H](N)C(=O)O.CSCC[C@H](N)C(=O)O.CSCC[C@H](N)C(=O)O.CSCC[C@H](N)C(=O)O.CSCC[C@H](N)C(=O)O.CSCC[C@H](N)C(=O)O.CSCC[C@H](N)C(=O)O.CSCC[C@H](N)C(=O)O.CSCC[C@H](N)C(=O)O. The van der Waals surface area contributed by atoms with Gasteiger partial charge in [-0.1, -0.05) is 0 Å². The van der Waals surface area contributed by atoms with E-state index in [2.05, 4.69) is 0 Å². The van der Waals surface area contributed by atoms with Crippen LogP contribution in [-0.2, 0) is 43.2 Å². The number of rotatable bonds is 36. The molecule has 0 aromatic heterocycles. The van der Waals surface area contributed by atoms with Gasteiger partial charge in [0.15, 0.2) is 0 Å². The molecular formula is C45H99N9O18S9. The van der Waals surface area contributed by atoms with Crippen molar-refractivity contribution in [2.75, 3.05) is 108 Å². The van der Waals surface area contributed by atoms with Gasteiger partial charge in [0.1, 0.15) is 54.4 Å². The zero-order valence-electron chi connectivity index (χ0n) is 48.0. The standard InChI is InChI=1S/9C5H11NO2S/c9*1-9-3-2-4(6)5(7)8/h9*4H,2-3,6H2,1H3,(H,7,8)/t9*4-/m000000000/s1. The average molecular weight is 1340 g/mol. The van der Waals surface area contributed by atoms with Crippen molar-refractivity contribution >= 4 is 160 Å². The van der Waals surface area contributed by atoms with Crippen LogP contribution in [0.1, 0.15) is 57.8 Å². The Bertz CT molecular complexity index is 1210. The van der Waals surface area contributed by atoms with Gasteiger partial charge in [-0.25, -0.2) is 0 Å². The third kappa shape index (κ3) is 92.0. The summed E-state index contributed by atoms with van der Waals surface area (Å²) in [5, 5.41) is 74.5. The van der Waals surface area contributed by atoms with Gasteiger partial charge in [0.05, 0.1) is 0 Å². The van der Waals surface area contributed by atoms with Crippen LogP contribution in [0, 0.1) is 0 Å². The van der Waals surface area contributed by atoms with Gasteiger partial charge in [-0.3, -0.25) is 43.2 Å². The van der Waals surface area contributed by atoms with Gasteiger partial charge in [0.25, 0.3) is 0 Å². The number of thioether (sulfide) groups is 9. The highest BCUT2D eigenvalue weighted by molar-refractivity contribution is 8.00. The number of carboxylic acids is 9. The lowest BCUT2D eigenvalue weighted by Gasteiger charge is -2.02. The summed E-state index contributed by atoms with van der Waals surface area (Å²) in [4.78, 5) is 90.6. The van der Waals surface area contributed by atoms with Gasteiger partial charge in [-0.2, -0.15) is 106 Å². The van der Waals surface area contributed by atoms with E-state index in [0.29, 0.717) is 57.8 Å². The highest BCUT2D eigenvalue weighted by Crippen LogP contribution is 2.03. The molecule has 9 atom stereocenters. The maximum absolute atomic E-state index is 10.1. The van der Waals surface area contributed by atoms with E-state index in [9.17, 15) is 43.2 Å². The molecule has 0 heterocycles. The number of hydrogen-bond donors (Lipinski definition) is 18. The first-order chi connectivity index (χ1) is 37.6. The van der Waals surface area contributed by atoms with Gasteiger partial charge in [-0.15, -0.1) is 0 Å². The zero-order chi connectivity index (χ0) is 65.5. The lowest BCUT2D eigenvalue weighted by Crippen LogP contribution is -2.30. The van der Waals surface area contributed by atoms with Gasteiger partial charge in [0, 0.05) is 0 Å². The number of carboxylic acid groups (broad SMARTS) is 9. The summed E-state index contributed by atoms with van der Waals surface area (Å²) in [6.07, 6.45) is 22.3. The Kier molecular flexibility index (Phi) is 89.8. The molecule has 0 aliphatic carbocycles. The second kappa shape index (κ2) is 74.1. The molecule has 36 heteroatoms. The predicted molar refractivity (Wildman–Crippen MR) is 347 cm³/mol. The molecule has 0 amide bonds. The molecule has 27 N–H and O–H groups in total. The Morgan fingerprint density at radius 2 is 0.272 bits per heavy atom. The minimum Gasteiger partial charge on any atom is -0.480 e. The maximum atomic E-state index is 10.1. The van der Waals surface area contributed by atoms with Crippen molar-refractivity contribution in [2.24, 2.45) is 51.6 Å². The fourth-order valence-corrected chi connectivity index (χ4v) is 7.72. The molecule has 0 unspecified atom stereocenters. The fourth-order valence-electron chi connectivity index (χ4n) is 3.31. The van der Waals surface area contributed by atoms with E-state index >= 15 is 0 Å². The van der Waals surface area contributed by atoms with Crippen LogP contribution in [0.25, 0.3) is 0 Å². The third-order valence-corrected chi connectivity index (χ3v) is 14.3. The third-order valence-electron chi connectivity index (χ3n) is 8.55. The molecule has 0 aliphatic rings.